The van der Waals surface area contributed by atoms with E-state index in [4.69, 9.17) is 4.42 Å². The summed E-state index contributed by atoms with van der Waals surface area (Å²) in [6.45, 7) is 0. The molecule has 226 valence electrons. The summed E-state index contributed by atoms with van der Waals surface area (Å²) in [5.74, 6) is 0. The standard InChI is InChI=1S/C46H31NO/c1-2-14-34(15-3-1)38-17-6-9-22-43(38)47(37-29-27-33(28-30-37)36-26-25-32-13-4-5-16-35(32)31-36)44-23-10-7-18-39(44)41-20-12-21-42-40-19-8-11-24-45(40)48-46(41)42/h1-31H. The minimum atomic E-state index is 0.896. The quantitative estimate of drug-likeness (QED) is 0.185. The first kappa shape index (κ1) is 27.9. The van der Waals surface area contributed by atoms with E-state index in [1.54, 1.807) is 0 Å². The Morgan fingerprint density at radius 1 is 0.354 bits per heavy atom. The second kappa shape index (κ2) is 11.8. The van der Waals surface area contributed by atoms with Crippen LogP contribution in [0.15, 0.2) is 192 Å². The lowest BCUT2D eigenvalue weighted by molar-refractivity contribution is 0.670. The molecule has 1 heterocycles. The molecule has 0 bridgehead atoms. The molecular weight excluding hydrogens is 583 g/mol. The maximum Gasteiger partial charge on any atom is 0.143 e. The number of fused-ring (bicyclic) bond motifs is 4. The van der Waals surface area contributed by atoms with Gasteiger partial charge in [0, 0.05) is 33.2 Å². The monoisotopic (exact) mass is 613 g/mol. The molecule has 0 spiro atoms. The molecule has 0 aliphatic carbocycles. The molecule has 0 N–H and O–H groups in total. The van der Waals surface area contributed by atoms with E-state index in [1.807, 2.05) is 12.1 Å². The van der Waals surface area contributed by atoms with Gasteiger partial charge in [-0.15, -0.1) is 0 Å². The highest BCUT2D eigenvalue weighted by Gasteiger charge is 2.22. The topological polar surface area (TPSA) is 16.4 Å². The van der Waals surface area contributed by atoms with Crippen molar-refractivity contribution in [1.82, 2.24) is 0 Å². The van der Waals surface area contributed by atoms with Crippen LogP contribution in [0, 0.1) is 0 Å². The Hall–Kier alpha value is -6.38. The molecule has 0 aliphatic rings. The highest BCUT2D eigenvalue weighted by atomic mass is 16.3. The smallest absolute Gasteiger partial charge is 0.143 e. The van der Waals surface area contributed by atoms with Crippen LogP contribution in [0.4, 0.5) is 17.1 Å². The molecule has 8 aromatic carbocycles. The molecule has 0 amide bonds. The molecule has 0 fully saturated rings. The van der Waals surface area contributed by atoms with Crippen LogP contribution in [0.3, 0.4) is 0 Å². The number of furan rings is 1. The highest BCUT2D eigenvalue weighted by Crippen LogP contribution is 2.46. The third-order valence-corrected chi connectivity index (χ3v) is 9.28. The number of benzene rings is 8. The lowest BCUT2D eigenvalue weighted by Gasteiger charge is -2.30. The Kier molecular flexibility index (Phi) is 6.84. The van der Waals surface area contributed by atoms with E-state index in [1.165, 1.54) is 27.5 Å². The predicted molar refractivity (Wildman–Crippen MR) is 202 cm³/mol. The molecule has 0 saturated heterocycles. The summed E-state index contributed by atoms with van der Waals surface area (Å²) >= 11 is 0. The van der Waals surface area contributed by atoms with Crippen molar-refractivity contribution in [2.75, 3.05) is 4.90 Å². The number of nitrogens with zero attached hydrogens (tertiary/aromatic N) is 1. The van der Waals surface area contributed by atoms with Crippen molar-refractivity contribution in [2.24, 2.45) is 0 Å². The van der Waals surface area contributed by atoms with Crippen molar-refractivity contribution in [2.45, 2.75) is 0 Å². The van der Waals surface area contributed by atoms with E-state index < -0.39 is 0 Å². The maximum absolute atomic E-state index is 6.55. The molecule has 0 unspecified atom stereocenters. The van der Waals surface area contributed by atoms with Gasteiger partial charge in [-0.2, -0.15) is 0 Å². The lowest BCUT2D eigenvalue weighted by Crippen LogP contribution is -2.12. The Bertz CT molecular complexity index is 2560. The molecule has 0 atom stereocenters. The second-order valence-electron chi connectivity index (χ2n) is 12.1. The van der Waals surface area contributed by atoms with E-state index in [-0.39, 0.29) is 0 Å². The van der Waals surface area contributed by atoms with Crippen LogP contribution in [0.5, 0.6) is 0 Å². The first-order valence-electron chi connectivity index (χ1n) is 16.4. The van der Waals surface area contributed by atoms with Gasteiger partial charge in [0.05, 0.1) is 11.4 Å². The fraction of sp³-hybridized carbons (Fsp3) is 0. The van der Waals surface area contributed by atoms with Crippen LogP contribution < -0.4 is 4.90 Å². The van der Waals surface area contributed by atoms with Gasteiger partial charge in [-0.05, 0) is 63.9 Å². The zero-order valence-electron chi connectivity index (χ0n) is 26.3. The van der Waals surface area contributed by atoms with E-state index in [0.29, 0.717) is 0 Å². The normalized spacial score (nSPS) is 11.3. The molecule has 2 heteroatoms. The van der Waals surface area contributed by atoms with Crippen LogP contribution in [0.25, 0.3) is 66.1 Å². The first-order chi connectivity index (χ1) is 23.8. The number of para-hydroxylation sites is 4. The summed E-state index contributed by atoms with van der Waals surface area (Å²) in [6.07, 6.45) is 0. The molecule has 9 rings (SSSR count). The summed E-state index contributed by atoms with van der Waals surface area (Å²) in [4.78, 5) is 2.39. The summed E-state index contributed by atoms with van der Waals surface area (Å²) < 4.78 is 6.55. The van der Waals surface area contributed by atoms with Gasteiger partial charge in [-0.25, -0.2) is 0 Å². The number of anilines is 3. The van der Waals surface area contributed by atoms with Gasteiger partial charge < -0.3 is 9.32 Å². The third kappa shape index (κ3) is 4.83. The van der Waals surface area contributed by atoms with Gasteiger partial charge in [-0.3, -0.25) is 0 Å². The molecule has 0 saturated carbocycles. The molecule has 9 aromatic rings. The summed E-state index contributed by atoms with van der Waals surface area (Å²) in [5, 5.41) is 4.74. The summed E-state index contributed by atoms with van der Waals surface area (Å²) in [7, 11) is 0. The van der Waals surface area contributed by atoms with Crippen molar-refractivity contribution in [3.05, 3.63) is 188 Å². The Morgan fingerprint density at radius 2 is 0.958 bits per heavy atom. The average Bonchev–Trinajstić information content (AvgIpc) is 3.55. The molecule has 0 aliphatic heterocycles. The zero-order chi connectivity index (χ0) is 31.9. The van der Waals surface area contributed by atoms with E-state index in [0.717, 1.165) is 55.7 Å². The van der Waals surface area contributed by atoms with Crippen LogP contribution in [-0.2, 0) is 0 Å². The van der Waals surface area contributed by atoms with Gasteiger partial charge in [0.2, 0.25) is 0 Å². The van der Waals surface area contributed by atoms with E-state index >= 15 is 0 Å². The van der Waals surface area contributed by atoms with Gasteiger partial charge in [-0.1, -0.05) is 152 Å². The SMILES string of the molecule is c1ccc(-c2ccccc2N(c2ccc(-c3ccc4ccccc4c3)cc2)c2ccccc2-c2cccc3c2oc2ccccc23)cc1. The van der Waals surface area contributed by atoms with Crippen molar-refractivity contribution < 1.29 is 4.42 Å². The summed E-state index contributed by atoms with van der Waals surface area (Å²) in [5.41, 5.74) is 11.9. The molecule has 2 nitrogen and oxygen atoms in total. The highest BCUT2D eigenvalue weighted by molar-refractivity contribution is 6.11. The first-order valence-corrected chi connectivity index (χ1v) is 16.4. The summed E-state index contributed by atoms with van der Waals surface area (Å²) in [6, 6.07) is 66.9. The van der Waals surface area contributed by atoms with Crippen molar-refractivity contribution in [3.8, 4) is 33.4 Å². The average molecular weight is 614 g/mol. The Morgan fingerprint density at radius 3 is 1.79 bits per heavy atom. The van der Waals surface area contributed by atoms with Crippen LogP contribution in [0.2, 0.25) is 0 Å². The van der Waals surface area contributed by atoms with E-state index in [2.05, 4.69) is 181 Å². The fourth-order valence-corrected chi connectivity index (χ4v) is 6.97. The molecular formula is C46H31NO. The van der Waals surface area contributed by atoms with Gasteiger partial charge in [0.25, 0.3) is 0 Å². The third-order valence-electron chi connectivity index (χ3n) is 9.28. The fourth-order valence-electron chi connectivity index (χ4n) is 6.97. The lowest BCUT2D eigenvalue weighted by atomic mass is 9.97. The van der Waals surface area contributed by atoms with Crippen molar-refractivity contribution in [3.63, 3.8) is 0 Å². The van der Waals surface area contributed by atoms with Gasteiger partial charge >= 0.3 is 0 Å². The second-order valence-corrected chi connectivity index (χ2v) is 12.1. The number of rotatable bonds is 6. The number of hydrogen-bond acceptors (Lipinski definition) is 2. The van der Waals surface area contributed by atoms with Crippen LogP contribution in [0.1, 0.15) is 0 Å². The van der Waals surface area contributed by atoms with Crippen molar-refractivity contribution in [1.29, 1.82) is 0 Å². The number of hydrogen-bond donors (Lipinski definition) is 0. The Balaban J connectivity index is 1.25. The van der Waals surface area contributed by atoms with Crippen LogP contribution in [-0.4, -0.2) is 0 Å². The maximum atomic E-state index is 6.55. The minimum absolute atomic E-state index is 0.896. The van der Waals surface area contributed by atoms with Crippen molar-refractivity contribution >= 4 is 49.8 Å². The van der Waals surface area contributed by atoms with Gasteiger partial charge in [0.1, 0.15) is 11.2 Å². The largest absolute Gasteiger partial charge is 0.455 e. The zero-order valence-corrected chi connectivity index (χ0v) is 26.3. The molecule has 0 radical (unpaired) electrons. The van der Waals surface area contributed by atoms with Gasteiger partial charge in [0.15, 0.2) is 0 Å². The Labute approximate surface area is 279 Å². The molecule has 48 heavy (non-hydrogen) atoms. The minimum Gasteiger partial charge on any atom is -0.455 e. The van der Waals surface area contributed by atoms with Crippen LogP contribution >= 0.6 is 0 Å². The van der Waals surface area contributed by atoms with E-state index in [9.17, 15) is 0 Å². The molecule has 1 aromatic heterocycles. The predicted octanol–water partition coefficient (Wildman–Crippen LogP) is 13.2.